The Kier molecular flexibility index (Phi) is 12.4. The molecule has 2 unspecified atom stereocenters. The van der Waals surface area contributed by atoms with Crippen LogP contribution in [0.3, 0.4) is 0 Å². The topological polar surface area (TPSA) is 151 Å². The summed E-state index contributed by atoms with van der Waals surface area (Å²) in [5.41, 5.74) is 0.597. The van der Waals surface area contributed by atoms with Gasteiger partial charge < -0.3 is 24.7 Å². The minimum absolute atomic E-state index is 0.0162. The number of fused-ring (bicyclic) bond motifs is 1. The highest BCUT2D eigenvalue weighted by molar-refractivity contribution is 7.85. The van der Waals surface area contributed by atoms with Crippen molar-refractivity contribution in [2.45, 2.75) is 98.1 Å². The normalized spacial score (nSPS) is 13.6. The van der Waals surface area contributed by atoms with E-state index in [-0.39, 0.29) is 18.7 Å². The van der Waals surface area contributed by atoms with E-state index in [2.05, 4.69) is 24.8 Å². The number of nitrogens with one attached hydrogen (secondary N) is 2. The van der Waals surface area contributed by atoms with Gasteiger partial charge >= 0.3 is 12.2 Å². The molecule has 2 N–H and O–H groups in total. The average molecular weight is 558 g/mol. The summed E-state index contributed by atoms with van der Waals surface area (Å²) in [5, 5.41) is 5.44. The van der Waals surface area contributed by atoms with Crippen LogP contribution in [0.5, 0.6) is 0 Å². The Morgan fingerprint density at radius 1 is 0.947 bits per heavy atom. The van der Waals surface area contributed by atoms with Crippen LogP contribution in [0.4, 0.5) is 9.59 Å². The Labute approximate surface area is 226 Å². The minimum atomic E-state index is -3.49. The lowest BCUT2D eigenvalue weighted by molar-refractivity contribution is 0.0480. The number of rotatable bonds is 9. The summed E-state index contributed by atoms with van der Waals surface area (Å²) in [6.07, 6.45) is 4.81. The molecule has 0 aromatic carbocycles. The summed E-state index contributed by atoms with van der Waals surface area (Å²) in [4.78, 5) is 31.7. The standard InChI is InChI=1S/C15H22N4O2.C10H21NO5S/c1-5-11(18-14(20)21-15(2,3)4)9-19-10-17-13-12(19)7-6-8-16-13;1-6-8(7-15-17(5,13)14)11-9(12)16-10(2,3)4/h6-8,10-11H,5,9H2,1-4H3,(H,18,20);8H,6-7H2,1-5H3,(H,11,12). The van der Waals surface area contributed by atoms with Gasteiger partial charge in [-0.2, -0.15) is 8.42 Å². The molecule has 216 valence electrons. The number of carbonyl (C=O) groups excluding carboxylic acids is 2. The van der Waals surface area contributed by atoms with Crippen LogP contribution in [0.2, 0.25) is 0 Å². The van der Waals surface area contributed by atoms with Gasteiger partial charge in [-0.1, -0.05) is 13.8 Å². The first-order valence-electron chi connectivity index (χ1n) is 12.5. The fourth-order valence-corrected chi connectivity index (χ4v) is 3.39. The third kappa shape index (κ3) is 14.1. The third-order valence-electron chi connectivity index (χ3n) is 4.72. The molecule has 12 nitrogen and oxygen atoms in total. The van der Waals surface area contributed by atoms with Crippen LogP contribution < -0.4 is 10.6 Å². The number of pyridine rings is 1. The van der Waals surface area contributed by atoms with Crippen LogP contribution in [0.1, 0.15) is 68.2 Å². The van der Waals surface area contributed by atoms with Crippen molar-refractivity contribution in [3.63, 3.8) is 0 Å². The summed E-state index contributed by atoms with van der Waals surface area (Å²) in [6.45, 7) is 15.2. The van der Waals surface area contributed by atoms with Crippen molar-refractivity contribution < 1.29 is 31.7 Å². The van der Waals surface area contributed by atoms with Crippen molar-refractivity contribution in [2.24, 2.45) is 0 Å². The van der Waals surface area contributed by atoms with Crippen LogP contribution in [0.25, 0.3) is 11.2 Å². The van der Waals surface area contributed by atoms with Crippen molar-refractivity contribution in [1.82, 2.24) is 25.2 Å². The van der Waals surface area contributed by atoms with Gasteiger partial charge in [0.1, 0.15) is 11.2 Å². The molecule has 2 aromatic rings. The third-order valence-corrected chi connectivity index (χ3v) is 5.29. The summed E-state index contributed by atoms with van der Waals surface area (Å²) in [6, 6.07) is 3.44. The summed E-state index contributed by atoms with van der Waals surface area (Å²) in [7, 11) is -3.49. The highest BCUT2D eigenvalue weighted by Crippen LogP contribution is 2.12. The molecule has 0 spiro atoms. The molecular formula is C25H43N5O7S. The molecule has 38 heavy (non-hydrogen) atoms. The van der Waals surface area contributed by atoms with Crippen molar-refractivity contribution in [3.8, 4) is 0 Å². The maximum absolute atomic E-state index is 11.8. The van der Waals surface area contributed by atoms with Gasteiger partial charge in [0.05, 0.1) is 30.7 Å². The van der Waals surface area contributed by atoms with Crippen molar-refractivity contribution >= 4 is 33.5 Å². The molecule has 0 saturated carbocycles. The first kappa shape index (κ1) is 33.1. The molecule has 0 aliphatic carbocycles. The molecule has 2 atom stereocenters. The van der Waals surface area contributed by atoms with Gasteiger partial charge in [-0.15, -0.1) is 0 Å². The van der Waals surface area contributed by atoms with Gasteiger partial charge in [-0.25, -0.2) is 19.6 Å². The Morgan fingerprint density at radius 3 is 1.95 bits per heavy atom. The maximum atomic E-state index is 11.8. The Hall–Kier alpha value is -2.93. The monoisotopic (exact) mass is 557 g/mol. The van der Waals surface area contributed by atoms with Crippen molar-refractivity contribution in [1.29, 1.82) is 0 Å². The number of amides is 2. The fraction of sp³-hybridized carbons (Fsp3) is 0.680. The fourth-order valence-electron chi connectivity index (χ4n) is 2.97. The first-order chi connectivity index (χ1) is 17.4. The molecule has 2 amide bonds. The second kappa shape index (κ2) is 14.3. The number of hydrogen-bond acceptors (Lipinski definition) is 9. The molecule has 0 radical (unpaired) electrons. The van der Waals surface area contributed by atoms with Crippen LogP contribution in [0.15, 0.2) is 24.7 Å². The van der Waals surface area contributed by atoms with Gasteiger partial charge in [0.15, 0.2) is 5.65 Å². The molecule has 0 aliphatic heterocycles. The zero-order valence-electron chi connectivity index (χ0n) is 23.9. The number of ether oxygens (including phenoxy) is 2. The number of nitrogens with zero attached hydrogens (tertiary/aromatic N) is 3. The van der Waals surface area contributed by atoms with E-state index in [4.69, 9.17) is 9.47 Å². The smallest absolute Gasteiger partial charge is 0.407 e. The second-order valence-electron chi connectivity index (χ2n) is 10.7. The molecule has 2 rings (SSSR count). The number of imidazole rings is 1. The molecule has 13 heteroatoms. The molecule has 0 aliphatic rings. The van der Waals surface area contributed by atoms with Gasteiger partial charge in [-0.3, -0.25) is 4.18 Å². The lowest BCUT2D eigenvalue weighted by atomic mass is 10.2. The Morgan fingerprint density at radius 2 is 1.47 bits per heavy atom. The summed E-state index contributed by atoms with van der Waals surface area (Å²) >= 11 is 0. The largest absolute Gasteiger partial charge is 0.444 e. The van der Waals surface area contributed by atoms with E-state index in [0.29, 0.717) is 18.6 Å². The molecular weight excluding hydrogens is 514 g/mol. The van der Waals surface area contributed by atoms with E-state index in [0.717, 1.165) is 18.2 Å². The lowest BCUT2D eigenvalue weighted by Gasteiger charge is -2.23. The number of carbonyl (C=O) groups is 2. The van der Waals surface area contributed by atoms with Crippen LogP contribution in [-0.4, -0.2) is 71.3 Å². The van der Waals surface area contributed by atoms with E-state index in [1.807, 2.05) is 51.3 Å². The first-order valence-corrected chi connectivity index (χ1v) is 14.3. The minimum Gasteiger partial charge on any atom is -0.444 e. The Balaban J connectivity index is 0.000000391. The lowest BCUT2D eigenvalue weighted by Crippen LogP contribution is -2.41. The highest BCUT2D eigenvalue weighted by atomic mass is 32.2. The zero-order chi connectivity index (χ0) is 29.1. The SMILES string of the molecule is CCC(COS(C)(=O)=O)NC(=O)OC(C)(C)C.CCC(Cn1cnc2ncccc21)NC(=O)OC(C)(C)C. The number of aromatic nitrogens is 3. The highest BCUT2D eigenvalue weighted by Gasteiger charge is 2.20. The van der Waals surface area contributed by atoms with Crippen LogP contribution in [-0.2, 0) is 30.3 Å². The molecule has 0 fully saturated rings. The van der Waals surface area contributed by atoms with E-state index in [1.54, 1.807) is 33.3 Å². The van der Waals surface area contributed by atoms with E-state index >= 15 is 0 Å². The Bertz CT molecular complexity index is 1140. The van der Waals surface area contributed by atoms with E-state index < -0.39 is 33.5 Å². The van der Waals surface area contributed by atoms with Crippen molar-refractivity contribution in [3.05, 3.63) is 24.7 Å². The van der Waals surface area contributed by atoms with Gasteiger partial charge in [0.2, 0.25) is 0 Å². The average Bonchev–Trinajstić information content (AvgIpc) is 3.16. The molecule has 0 saturated heterocycles. The van der Waals surface area contributed by atoms with Crippen LogP contribution in [0, 0.1) is 0 Å². The molecule has 0 bridgehead atoms. The molecule has 2 aromatic heterocycles. The van der Waals surface area contributed by atoms with Crippen LogP contribution >= 0.6 is 0 Å². The quantitative estimate of drug-likeness (QED) is 0.436. The second-order valence-corrected chi connectivity index (χ2v) is 12.4. The van der Waals surface area contributed by atoms with Gasteiger partial charge in [-0.05, 0) is 66.5 Å². The van der Waals surface area contributed by atoms with Gasteiger partial charge in [0.25, 0.3) is 10.1 Å². The maximum Gasteiger partial charge on any atom is 0.407 e. The summed E-state index contributed by atoms with van der Waals surface area (Å²) < 4.78 is 38.5. The van der Waals surface area contributed by atoms with Gasteiger partial charge in [0, 0.05) is 18.8 Å². The predicted molar refractivity (Wildman–Crippen MR) is 145 cm³/mol. The van der Waals surface area contributed by atoms with Crippen molar-refractivity contribution in [2.75, 3.05) is 12.9 Å². The molecule has 2 heterocycles. The number of alkyl carbamates (subject to hydrolysis) is 2. The van der Waals surface area contributed by atoms with E-state index in [9.17, 15) is 18.0 Å². The number of hydrogen-bond donors (Lipinski definition) is 2. The van der Waals surface area contributed by atoms with E-state index in [1.165, 1.54) is 0 Å². The summed E-state index contributed by atoms with van der Waals surface area (Å²) in [5.74, 6) is 0. The predicted octanol–water partition coefficient (Wildman–Crippen LogP) is 4.00. The zero-order valence-corrected chi connectivity index (χ0v) is 24.7.